The third-order valence-corrected chi connectivity index (χ3v) is 4.46. The van der Waals surface area contributed by atoms with Crippen molar-refractivity contribution in [2.75, 3.05) is 18.4 Å². The number of hydrogen-bond donors (Lipinski definition) is 2. The van der Waals surface area contributed by atoms with E-state index < -0.39 is 0 Å². The lowest BCUT2D eigenvalue weighted by molar-refractivity contribution is 0.405. The van der Waals surface area contributed by atoms with Crippen molar-refractivity contribution in [3.8, 4) is 0 Å². The average Bonchev–Trinajstić information content (AvgIpc) is 3.37. The molecule has 2 saturated carbocycles. The smallest absolute Gasteiger partial charge is 0.315 e. The molecule has 1 atom stereocenters. The fourth-order valence-corrected chi connectivity index (χ4v) is 2.90. The maximum Gasteiger partial charge on any atom is 0.315 e. The van der Waals surface area contributed by atoms with Gasteiger partial charge in [-0.25, -0.2) is 0 Å². The van der Waals surface area contributed by atoms with Gasteiger partial charge in [-0.15, -0.1) is 5.10 Å². The van der Waals surface area contributed by atoms with Gasteiger partial charge in [-0.05, 0) is 63.3 Å². The van der Waals surface area contributed by atoms with Gasteiger partial charge in [0, 0.05) is 6.54 Å². The summed E-state index contributed by atoms with van der Waals surface area (Å²) >= 11 is 0. The normalized spacial score (nSPS) is 20.4. The van der Waals surface area contributed by atoms with Gasteiger partial charge in [-0.2, -0.15) is 0 Å². The number of nitrogens with one attached hydrogen (secondary N) is 2. The first-order valence-corrected chi connectivity index (χ1v) is 8.08. The first kappa shape index (κ1) is 13.9. The van der Waals surface area contributed by atoms with Crippen LogP contribution in [0.25, 0.3) is 0 Å². The molecule has 0 amide bonds. The largest absolute Gasteiger partial charge is 0.406 e. The molecule has 0 aromatic carbocycles. The molecule has 20 heavy (non-hydrogen) atoms. The molecule has 1 heterocycles. The molecule has 0 spiro atoms. The van der Waals surface area contributed by atoms with Crippen molar-refractivity contribution in [1.82, 2.24) is 15.5 Å². The maximum atomic E-state index is 5.70. The van der Waals surface area contributed by atoms with E-state index >= 15 is 0 Å². The Morgan fingerprint density at radius 2 is 1.90 bits per heavy atom. The monoisotopic (exact) mass is 278 g/mol. The molecule has 2 N–H and O–H groups in total. The zero-order valence-electron chi connectivity index (χ0n) is 12.6. The van der Waals surface area contributed by atoms with Gasteiger partial charge in [-0.1, -0.05) is 12.0 Å². The molecule has 1 aromatic rings. The van der Waals surface area contributed by atoms with Crippen LogP contribution in [-0.4, -0.2) is 23.3 Å². The number of rotatable bonds is 9. The van der Waals surface area contributed by atoms with Crippen molar-refractivity contribution in [2.45, 2.75) is 52.0 Å². The van der Waals surface area contributed by atoms with Crippen LogP contribution in [-0.2, 0) is 0 Å². The molecule has 112 valence electrons. The molecular weight excluding hydrogens is 252 g/mol. The van der Waals surface area contributed by atoms with Crippen LogP contribution in [0.5, 0.6) is 0 Å². The summed E-state index contributed by atoms with van der Waals surface area (Å²) in [6.45, 7) is 6.17. The quantitative estimate of drug-likeness (QED) is 0.727. The SMILES string of the molecule is CCCNC(C)c1nnc(NCC(C2CC2)C2CC2)o1. The summed E-state index contributed by atoms with van der Waals surface area (Å²) in [5.41, 5.74) is 0. The van der Waals surface area contributed by atoms with Crippen LogP contribution in [0, 0.1) is 17.8 Å². The van der Waals surface area contributed by atoms with Gasteiger partial charge < -0.3 is 15.1 Å². The van der Waals surface area contributed by atoms with Crippen LogP contribution in [0.1, 0.15) is 57.9 Å². The van der Waals surface area contributed by atoms with Crippen molar-refractivity contribution in [1.29, 1.82) is 0 Å². The molecular formula is C15H26N4O. The lowest BCUT2D eigenvalue weighted by Crippen LogP contribution is -2.19. The summed E-state index contributed by atoms with van der Waals surface area (Å²) in [5.74, 6) is 3.39. The Morgan fingerprint density at radius 1 is 1.20 bits per heavy atom. The number of hydrogen-bond acceptors (Lipinski definition) is 5. The van der Waals surface area contributed by atoms with Gasteiger partial charge >= 0.3 is 6.01 Å². The number of anilines is 1. The van der Waals surface area contributed by atoms with Crippen molar-refractivity contribution in [3.05, 3.63) is 5.89 Å². The molecule has 5 nitrogen and oxygen atoms in total. The van der Waals surface area contributed by atoms with Crippen LogP contribution < -0.4 is 10.6 Å². The summed E-state index contributed by atoms with van der Waals surface area (Å²) in [7, 11) is 0. The fourth-order valence-electron chi connectivity index (χ4n) is 2.90. The second-order valence-corrected chi connectivity index (χ2v) is 6.34. The van der Waals surface area contributed by atoms with E-state index in [4.69, 9.17) is 4.42 Å². The van der Waals surface area contributed by atoms with E-state index in [1.54, 1.807) is 0 Å². The highest BCUT2D eigenvalue weighted by Gasteiger charge is 2.41. The Morgan fingerprint density at radius 3 is 2.50 bits per heavy atom. The molecule has 5 heteroatoms. The van der Waals surface area contributed by atoms with E-state index in [0.717, 1.165) is 37.3 Å². The molecule has 2 fully saturated rings. The Labute approximate surface area is 120 Å². The van der Waals surface area contributed by atoms with Crippen molar-refractivity contribution >= 4 is 6.01 Å². The number of aromatic nitrogens is 2. The first-order valence-electron chi connectivity index (χ1n) is 8.08. The minimum atomic E-state index is 0.126. The van der Waals surface area contributed by atoms with E-state index in [2.05, 4.69) is 34.7 Å². The van der Waals surface area contributed by atoms with Crippen LogP contribution in [0.3, 0.4) is 0 Å². The van der Waals surface area contributed by atoms with E-state index in [1.807, 2.05) is 0 Å². The molecule has 1 unspecified atom stereocenters. The van der Waals surface area contributed by atoms with Crippen molar-refractivity contribution in [2.24, 2.45) is 17.8 Å². The van der Waals surface area contributed by atoms with Gasteiger partial charge in [0.25, 0.3) is 0 Å². The van der Waals surface area contributed by atoms with Gasteiger partial charge in [0.15, 0.2) is 0 Å². The third-order valence-electron chi connectivity index (χ3n) is 4.46. The van der Waals surface area contributed by atoms with Gasteiger partial charge in [0.1, 0.15) is 0 Å². The second-order valence-electron chi connectivity index (χ2n) is 6.34. The van der Waals surface area contributed by atoms with Crippen molar-refractivity contribution in [3.63, 3.8) is 0 Å². The Bertz CT molecular complexity index is 413. The summed E-state index contributed by atoms with van der Waals surface area (Å²) in [6.07, 6.45) is 6.76. The van der Waals surface area contributed by atoms with Gasteiger partial charge in [-0.3, -0.25) is 0 Å². The average molecular weight is 278 g/mol. The molecule has 0 bridgehead atoms. The number of nitrogens with zero attached hydrogens (tertiary/aromatic N) is 2. The van der Waals surface area contributed by atoms with Crippen molar-refractivity contribution < 1.29 is 4.42 Å². The summed E-state index contributed by atoms with van der Waals surface area (Å²) in [5, 5.41) is 14.9. The minimum absolute atomic E-state index is 0.126. The van der Waals surface area contributed by atoms with Crippen LogP contribution >= 0.6 is 0 Å². The molecule has 0 saturated heterocycles. The molecule has 3 rings (SSSR count). The Kier molecular flexibility index (Phi) is 4.24. The highest BCUT2D eigenvalue weighted by atomic mass is 16.4. The molecule has 2 aliphatic carbocycles. The topological polar surface area (TPSA) is 63.0 Å². The predicted molar refractivity (Wildman–Crippen MR) is 78.4 cm³/mol. The summed E-state index contributed by atoms with van der Waals surface area (Å²) in [6, 6.07) is 0.706. The van der Waals surface area contributed by atoms with Crippen LogP contribution in [0.4, 0.5) is 6.01 Å². The molecule has 0 aliphatic heterocycles. The standard InChI is InChI=1S/C15H26N4O/c1-3-8-16-10(2)14-18-19-15(20-14)17-9-13(11-4-5-11)12-6-7-12/h10-13,16H,3-9H2,1-2H3,(H,17,19). The lowest BCUT2D eigenvalue weighted by Gasteiger charge is -2.14. The summed E-state index contributed by atoms with van der Waals surface area (Å²) < 4.78 is 5.70. The maximum absolute atomic E-state index is 5.70. The minimum Gasteiger partial charge on any atom is -0.406 e. The summed E-state index contributed by atoms with van der Waals surface area (Å²) in [4.78, 5) is 0. The molecule has 0 radical (unpaired) electrons. The highest BCUT2D eigenvalue weighted by Crippen LogP contribution is 2.49. The van der Waals surface area contributed by atoms with Crippen LogP contribution in [0.2, 0.25) is 0 Å². The Balaban J connectivity index is 1.49. The lowest BCUT2D eigenvalue weighted by atomic mass is 9.98. The van der Waals surface area contributed by atoms with Gasteiger partial charge in [0.2, 0.25) is 5.89 Å². The zero-order chi connectivity index (χ0) is 13.9. The first-order chi connectivity index (χ1) is 9.78. The predicted octanol–water partition coefficient (Wildman–Crippen LogP) is 2.98. The van der Waals surface area contributed by atoms with E-state index in [9.17, 15) is 0 Å². The zero-order valence-corrected chi connectivity index (χ0v) is 12.6. The molecule has 2 aliphatic rings. The van der Waals surface area contributed by atoms with E-state index in [0.29, 0.717) is 11.9 Å². The molecule has 1 aromatic heterocycles. The third kappa shape index (κ3) is 3.51. The fraction of sp³-hybridized carbons (Fsp3) is 0.867. The Hall–Kier alpha value is -1.10. The van der Waals surface area contributed by atoms with E-state index in [-0.39, 0.29) is 6.04 Å². The second kappa shape index (κ2) is 6.12. The van der Waals surface area contributed by atoms with Crippen LogP contribution in [0.15, 0.2) is 4.42 Å². The van der Waals surface area contributed by atoms with Gasteiger partial charge in [0.05, 0.1) is 6.04 Å². The highest BCUT2D eigenvalue weighted by molar-refractivity contribution is 5.18. The van der Waals surface area contributed by atoms with E-state index in [1.165, 1.54) is 25.7 Å².